The number of aromatic hydroxyl groups is 1. The monoisotopic (exact) mass is 527 g/mol. The number of phenols is 1. The van der Waals surface area contributed by atoms with Crippen molar-refractivity contribution in [2.24, 2.45) is 0 Å². The number of fused-ring (bicyclic) bond motifs is 2. The molecule has 38 heavy (non-hydrogen) atoms. The summed E-state index contributed by atoms with van der Waals surface area (Å²) in [7, 11) is -2.41. The van der Waals surface area contributed by atoms with Crippen molar-refractivity contribution in [2.45, 2.75) is 18.4 Å². The fourth-order valence-corrected chi connectivity index (χ4v) is 5.62. The molecule has 0 radical (unpaired) electrons. The van der Waals surface area contributed by atoms with Gasteiger partial charge in [0.2, 0.25) is 0 Å². The summed E-state index contributed by atoms with van der Waals surface area (Å²) in [5, 5.41) is 13.6. The van der Waals surface area contributed by atoms with Gasteiger partial charge in [0.05, 0.1) is 17.2 Å². The first-order valence-electron chi connectivity index (χ1n) is 11.8. The summed E-state index contributed by atoms with van der Waals surface area (Å²) in [5.74, 6) is -0.345. The molecule has 0 aliphatic heterocycles. The Bertz CT molecular complexity index is 1780. The van der Waals surface area contributed by atoms with Crippen molar-refractivity contribution in [1.29, 1.82) is 0 Å². The minimum absolute atomic E-state index is 0.0325. The van der Waals surface area contributed by atoms with Crippen LogP contribution in [-0.2, 0) is 26.2 Å². The fourth-order valence-electron chi connectivity index (χ4n) is 4.55. The van der Waals surface area contributed by atoms with Gasteiger partial charge < -0.3 is 14.6 Å². The summed E-state index contributed by atoms with van der Waals surface area (Å²) in [5.41, 5.74) is 1.92. The van der Waals surface area contributed by atoms with Gasteiger partial charge in [-0.1, -0.05) is 66.7 Å². The zero-order valence-corrected chi connectivity index (χ0v) is 21.6. The van der Waals surface area contributed by atoms with Crippen LogP contribution in [0.25, 0.3) is 32.7 Å². The lowest BCUT2D eigenvalue weighted by atomic mass is 9.93. The molecule has 7 nitrogen and oxygen atoms in total. The number of hydrogen-bond acceptors (Lipinski definition) is 6. The van der Waals surface area contributed by atoms with Gasteiger partial charge in [-0.15, -0.1) is 0 Å². The summed E-state index contributed by atoms with van der Waals surface area (Å²) < 4.78 is 40.4. The number of rotatable bonds is 7. The van der Waals surface area contributed by atoms with Gasteiger partial charge in [0.1, 0.15) is 11.5 Å². The second-order valence-corrected chi connectivity index (χ2v) is 10.5. The van der Waals surface area contributed by atoms with Crippen molar-refractivity contribution in [3.05, 3.63) is 96.6 Å². The molecule has 0 saturated carbocycles. The Morgan fingerprint density at radius 2 is 1.53 bits per heavy atom. The van der Waals surface area contributed by atoms with E-state index in [9.17, 15) is 18.3 Å². The molecule has 0 spiro atoms. The molecule has 192 valence electrons. The highest BCUT2D eigenvalue weighted by atomic mass is 32.2. The Morgan fingerprint density at radius 1 is 0.868 bits per heavy atom. The van der Waals surface area contributed by atoms with E-state index in [1.165, 1.54) is 19.1 Å². The third kappa shape index (κ3) is 4.79. The molecule has 0 aliphatic carbocycles. The highest BCUT2D eigenvalue weighted by molar-refractivity contribution is 7.92. The molecular formula is C30H25NO6S. The number of sulfonamides is 1. The zero-order valence-electron chi connectivity index (χ0n) is 20.8. The average molecular weight is 528 g/mol. The van der Waals surface area contributed by atoms with Gasteiger partial charge in [-0.2, -0.15) is 0 Å². The largest absolute Gasteiger partial charge is 0.507 e. The smallest absolute Gasteiger partial charge is 0.308 e. The van der Waals surface area contributed by atoms with E-state index >= 15 is 0 Å². The Morgan fingerprint density at radius 3 is 2.21 bits per heavy atom. The summed E-state index contributed by atoms with van der Waals surface area (Å²) in [6.45, 7) is 1.67. The number of ether oxygens (including phenoxy) is 2. The van der Waals surface area contributed by atoms with E-state index in [4.69, 9.17) is 9.47 Å². The molecule has 5 aromatic rings. The molecule has 0 bridgehead atoms. The van der Waals surface area contributed by atoms with E-state index in [1.807, 2.05) is 24.3 Å². The lowest BCUT2D eigenvalue weighted by Crippen LogP contribution is -2.14. The fraction of sp³-hybridized carbons (Fsp3) is 0.100. The molecule has 0 amide bonds. The van der Waals surface area contributed by atoms with Gasteiger partial charge in [0.15, 0.2) is 0 Å². The summed E-state index contributed by atoms with van der Waals surface area (Å²) in [6, 6.07) is 25.9. The first-order valence-corrected chi connectivity index (χ1v) is 13.3. The SMILES string of the molecule is COCc1ccc(S(=O)(=O)Nc2cc(-c3c(O)ccc4ccccc34)c(OC(C)=O)c3ccccc23)cc1. The van der Waals surface area contributed by atoms with Gasteiger partial charge in [-0.25, -0.2) is 8.42 Å². The number of carbonyl (C=O) groups is 1. The van der Waals surface area contributed by atoms with E-state index in [1.54, 1.807) is 61.7 Å². The molecular weight excluding hydrogens is 502 g/mol. The highest BCUT2D eigenvalue weighted by Crippen LogP contribution is 2.47. The summed E-state index contributed by atoms with van der Waals surface area (Å²) in [4.78, 5) is 12.2. The number of carbonyl (C=O) groups excluding carboxylic acids is 1. The molecule has 0 fully saturated rings. The van der Waals surface area contributed by atoms with Crippen LogP contribution in [-0.4, -0.2) is 26.6 Å². The first kappa shape index (κ1) is 25.3. The van der Waals surface area contributed by atoms with E-state index in [-0.39, 0.29) is 22.1 Å². The lowest BCUT2D eigenvalue weighted by Gasteiger charge is -2.19. The van der Waals surface area contributed by atoms with Gasteiger partial charge >= 0.3 is 5.97 Å². The van der Waals surface area contributed by atoms with Crippen molar-refractivity contribution in [2.75, 3.05) is 11.8 Å². The molecule has 2 N–H and O–H groups in total. The molecule has 0 unspecified atom stereocenters. The van der Waals surface area contributed by atoms with Crippen LogP contribution in [0, 0.1) is 0 Å². The normalized spacial score (nSPS) is 11.5. The number of benzene rings is 5. The predicted octanol–water partition coefficient (Wildman–Crippen LogP) is 6.24. The van der Waals surface area contributed by atoms with Crippen LogP contribution in [0.2, 0.25) is 0 Å². The van der Waals surface area contributed by atoms with Gasteiger partial charge in [-0.05, 0) is 40.6 Å². The predicted molar refractivity (Wildman–Crippen MR) is 148 cm³/mol. The number of hydrogen-bond donors (Lipinski definition) is 2. The van der Waals surface area contributed by atoms with Crippen LogP contribution in [0.4, 0.5) is 5.69 Å². The summed E-state index contributed by atoms with van der Waals surface area (Å²) >= 11 is 0. The van der Waals surface area contributed by atoms with Gasteiger partial charge in [0.25, 0.3) is 10.0 Å². The number of esters is 1. The number of phenolic OH excluding ortho intramolecular Hbond substituents is 1. The van der Waals surface area contributed by atoms with Gasteiger partial charge in [0, 0.05) is 35.9 Å². The Labute approximate surface area is 220 Å². The van der Waals surface area contributed by atoms with E-state index in [2.05, 4.69) is 4.72 Å². The van der Waals surface area contributed by atoms with Crippen molar-refractivity contribution in [3.63, 3.8) is 0 Å². The number of anilines is 1. The lowest BCUT2D eigenvalue weighted by molar-refractivity contribution is -0.131. The number of methoxy groups -OCH3 is 1. The maximum absolute atomic E-state index is 13.4. The third-order valence-corrected chi connectivity index (χ3v) is 7.59. The maximum Gasteiger partial charge on any atom is 0.308 e. The van der Waals surface area contributed by atoms with Crippen molar-refractivity contribution >= 4 is 43.2 Å². The van der Waals surface area contributed by atoms with E-state index in [0.29, 0.717) is 28.5 Å². The highest BCUT2D eigenvalue weighted by Gasteiger charge is 2.23. The molecule has 5 aromatic carbocycles. The molecule has 0 aromatic heterocycles. The second-order valence-electron chi connectivity index (χ2n) is 8.80. The topological polar surface area (TPSA) is 102 Å². The zero-order chi connectivity index (χ0) is 26.9. The Hall–Kier alpha value is -4.40. The van der Waals surface area contributed by atoms with Crippen molar-refractivity contribution in [1.82, 2.24) is 0 Å². The second kappa shape index (κ2) is 10.2. The van der Waals surface area contributed by atoms with E-state index < -0.39 is 16.0 Å². The molecule has 8 heteroatoms. The standard InChI is InChI=1S/C30H25NO6S/c1-19(32)37-30-25-10-6-5-9-24(25)27(31-38(34,35)22-14-11-20(12-15-22)18-36-2)17-26(30)29-23-8-4-3-7-21(23)13-16-28(29)33/h3-17,31,33H,18H2,1-2H3. The Balaban J connectivity index is 1.75. The van der Waals surface area contributed by atoms with Crippen LogP contribution >= 0.6 is 0 Å². The third-order valence-electron chi connectivity index (χ3n) is 6.21. The van der Waals surface area contributed by atoms with Crippen LogP contribution in [0.3, 0.4) is 0 Å². The Kier molecular flexibility index (Phi) is 6.75. The van der Waals surface area contributed by atoms with Crippen molar-refractivity contribution in [3.8, 4) is 22.6 Å². The molecule has 0 heterocycles. The number of nitrogens with one attached hydrogen (secondary N) is 1. The van der Waals surface area contributed by atoms with Crippen LogP contribution < -0.4 is 9.46 Å². The van der Waals surface area contributed by atoms with Gasteiger partial charge in [-0.3, -0.25) is 9.52 Å². The van der Waals surface area contributed by atoms with E-state index in [0.717, 1.165) is 16.3 Å². The molecule has 5 rings (SSSR count). The molecule has 0 atom stereocenters. The minimum atomic E-state index is -3.99. The first-order chi connectivity index (χ1) is 18.3. The maximum atomic E-state index is 13.4. The molecule has 0 saturated heterocycles. The minimum Gasteiger partial charge on any atom is -0.507 e. The van der Waals surface area contributed by atoms with Crippen LogP contribution in [0.5, 0.6) is 11.5 Å². The molecule has 0 aliphatic rings. The quantitative estimate of drug-likeness (QED) is 0.192. The van der Waals surface area contributed by atoms with Crippen LogP contribution in [0.15, 0.2) is 95.9 Å². The summed E-state index contributed by atoms with van der Waals surface area (Å²) in [6.07, 6.45) is 0. The average Bonchev–Trinajstić information content (AvgIpc) is 2.90. The van der Waals surface area contributed by atoms with Crippen LogP contribution in [0.1, 0.15) is 12.5 Å². The van der Waals surface area contributed by atoms with Crippen molar-refractivity contribution < 1.29 is 27.8 Å².